The van der Waals surface area contributed by atoms with E-state index in [9.17, 15) is 0 Å². The van der Waals surface area contributed by atoms with E-state index in [0.29, 0.717) is 0 Å². The number of rotatable bonds is 2. The van der Waals surface area contributed by atoms with Crippen molar-refractivity contribution < 1.29 is 0 Å². The molecule has 0 fully saturated rings. The van der Waals surface area contributed by atoms with Gasteiger partial charge in [-0.2, -0.15) is 0 Å². The zero-order valence-electron chi connectivity index (χ0n) is 18.8. The minimum absolute atomic E-state index is 0.0243. The molecule has 0 aliphatic heterocycles. The van der Waals surface area contributed by atoms with E-state index >= 15 is 0 Å². The van der Waals surface area contributed by atoms with Crippen LogP contribution in [0.4, 0.5) is 0 Å². The average Bonchev–Trinajstić information content (AvgIpc) is 2.72. The zero-order valence-corrected chi connectivity index (χ0v) is 18.8. The Morgan fingerprint density at radius 3 is 1.23 bits per heavy atom. The van der Waals surface area contributed by atoms with Crippen LogP contribution in [0.3, 0.4) is 0 Å². The number of aromatic nitrogens is 2. The van der Waals surface area contributed by atoms with Crippen molar-refractivity contribution in [1.29, 1.82) is 0 Å². The summed E-state index contributed by atoms with van der Waals surface area (Å²) in [5.74, 6) is 0. The SMILES string of the molecule is CC(C)(C)c1ccc2c(-c3cccnc3)c(C(C)(C)C)ccc2c1-c1cccnc1. The maximum Gasteiger partial charge on any atom is 0.0346 e. The van der Waals surface area contributed by atoms with Gasteiger partial charge in [0.2, 0.25) is 0 Å². The Kier molecular flexibility index (Phi) is 4.97. The van der Waals surface area contributed by atoms with E-state index in [4.69, 9.17) is 0 Å². The number of benzene rings is 2. The Morgan fingerprint density at radius 1 is 0.533 bits per heavy atom. The van der Waals surface area contributed by atoms with E-state index in [1.165, 1.54) is 33.0 Å². The molecule has 2 aromatic carbocycles. The third-order valence-corrected chi connectivity index (χ3v) is 5.72. The number of pyridine rings is 2. The normalized spacial score (nSPS) is 12.3. The van der Waals surface area contributed by atoms with Crippen molar-refractivity contribution in [1.82, 2.24) is 9.97 Å². The van der Waals surface area contributed by atoms with Gasteiger partial charge in [-0.15, -0.1) is 0 Å². The largest absolute Gasteiger partial charge is 0.264 e. The van der Waals surface area contributed by atoms with Crippen molar-refractivity contribution >= 4 is 10.8 Å². The first-order valence-corrected chi connectivity index (χ1v) is 10.6. The van der Waals surface area contributed by atoms with Crippen LogP contribution in [-0.4, -0.2) is 9.97 Å². The molecule has 4 rings (SSSR count). The fourth-order valence-electron chi connectivity index (χ4n) is 4.30. The predicted molar refractivity (Wildman–Crippen MR) is 128 cm³/mol. The lowest BCUT2D eigenvalue weighted by Gasteiger charge is -2.28. The smallest absolute Gasteiger partial charge is 0.0346 e. The topological polar surface area (TPSA) is 25.8 Å². The number of nitrogens with zero attached hydrogens (tertiary/aromatic N) is 2. The summed E-state index contributed by atoms with van der Waals surface area (Å²) in [6.45, 7) is 13.7. The van der Waals surface area contributed by atoms with E-state index < -0.39 is 0 Å². The Morgan fingerprint density at radius 2 is 0.933 bits per heavy atom. The van der Waals surface area contributed by atoms with Crippen LogP contribution in [0.25, 0.3) is 33.0 Å². The molecule has 2 nitrogen and oxygen atoms in total. The van der Waals surface area contributed by atoms with Gasteiger partial charge < -0.3 is 0 Å². The molecule has 4 aromatic rings. The molecule has 0 unspecified atom stereocenters. The van der Waals surface area contributed by atoms with Gasteiger partial charge in [0.25, 0.3) is 0 Å². The minimum Gasteiger partial charge on any atom is -0.264 e. The summed E-state index contributed by atoms with van der Waals surface area (Å²) in [6.07, 6.45) is 7.63. The summed E-state index contributed by atoms with van der Waals surface area (Å²) in [6, 6.07) is 17.6. The van der Waals surface area contributed by atoms with E-state index in [1.54, 1.807) is 0 Å². The zero-order chi connectivity index (χ0) is 21.5. The van der Waals surface area contributed by atoms with Gasteiger partial charge in [-0.05, 0) is 56.0 Å². The first-order valence-electron chi connectivity index (χ1n) is 10.6. The molecule has 2 aromatic heterocycles. The Hall–Kier alpha value is -3.00. The monoisotopic (exact) mass is 394 g/mol. The van der Waals surface area contributed by atoms with E-state index in [2.05, 4.69) is 87.9 Å². The van der Waals surface area contributed by atoms with Crippen LogP contribution in [0.1, 0.15) is 52.7 Å². The molecule has 0 bridgehead atoms. The lowest BCUT2D eigenvalue weighted by atomic mass is 9.76. The summed E-state index contributed by atoms with van der Waals surface area (Å²) in [7, 11) is 0. The molecule has 2 heterocycles. The van der Waals surface area contributed by atoms with Gasteiger partial charge in [0, 0.05) is 35.9 Å². The van der Waals surface area contributed by atoms with Crippen LogP contribution in [0.5, 0.6) is 0 Å². The molecule has 0 radical (unpaired) electrons. The second-order valence-electron chi connectivity index (χ2n) is 10.1. The van der Waals surface area contributed by atoms with Crippen molar-refractivity contribution in [3.05, 3.63) is 84.4 Å². The van der Waals surface area contributed by atoms with Gasteiger partial charge in [0.05, 0.1) is 0 Å². The second-order valence-corrected chi connectivity index (χ2v) is 10.1. The van der Waals surface area contributed by atoms with Gasteiger partial charge in [0.15, 0.2) is 0 Å². The molecule has 0 amide bonds. The van der Waals surface area contributed by atoms with Gasteiger partial charge in [-0.1, -0.05) is 77.9 Å². The summed E-state index contributed by atoms with van der Waals surface area (Å²) in [5.41, 5.74) is 7.60. The van der Waals surface area contributed by atoms with Crippen LogP contribution < -0.4 is 0 Å². The highest BCUT2D eigenvalue weighted by Gasteiger charge is 2.25. The van der Waals surface area contributed by atoms with Crippen molar-refractivity contribution in [2.45, 2.75) is 52.4 Å². The fraction of sp³-hybridized carbons (Fsp3) is 0.286. The maximum atomic E-state index is 4.42. The number of hydrogen-bond acceptors (Lipinski definition) is 2. The van der Waals surface area contributed by atoms with E-state index in [0.717, 1.165) is 11.1 Å². The van der Waals surface area contributed by atoms with Crippen molar-refractivity contribution in [2.24, 2.45) is 0 Å². The lowest BCUT2D eigenvalue weighted by molar-refractivity contribution is 0.591. The van der Waals surface area contributed by atoms with Crippen molar-refractivity contribution in [3.8, 4) is 22.3 Å². The minimum atomic E-state index is 0.0243. The summed E-state index contributed by atoms with van der Waals surface area (Å²) < 4.78 is 0. The summed E-state index contributed by atoms with van der Waals surface area (Å²) in [4.78, 5) is 8.84. The lowest BCUT2D eigenvalue weighted by Crippen LogP contribution is -2.15. The molecule has 152 valence electrons. The quantitative estimate of drug-likeness (QED) is 0.350. The van der Waals surface area contributed by atoms with Gasteiger partial charge in [-0.25, -0.2) is 0 Å². The van der Waals surface area contributed by atoms with Gasteiger partial charge in [0.1, 0.15) is 0 Å². The average molecular weight is 395 g/mol. The third-order valence-electron chi connectivity index (χ3n) is 5.72. The fourth-order valence-corrected chi connectivity index (χ4v) is 4.30. The molecule has 0 atom stereocenters. The molecule has 0 saturated heterocycles. The number of hydrogen-bond donors (Lipinski definition) is 0. The molecule has 0 aliphatic rings. The van der Waals surface area contributed by atoms with Crippen molar-refractivity contribution in [3.63, 3.8) is 0 Å². The standard InChI is InChI=1S/C28H30N2/c1-27(2,3)23-13-11-22-21(25(23)19-9-7-15-29-17-19)12-14-24(28(4,5)6)26(22)20-10-8-16-30-18-20/h7-18H,1-6H3. The van der Waals surface area contributed by atoms with Gasteiger partial charge in [-0.3, -0.25) is 9.97 Å². The molecule has 0 N–H and O–H groups in total. The van der Waals surface area contributed by atoms with Gasteiger partial charge >= 0.3 is 0 Å². The third kappa shape index (κ3) is 3.63. The molecular formula is C28H30N2. The van der Waals surface area contributed by atoms with Crippen LogP contribution in [0, 0.1) is 0 Å². The molecule has 0 saturated carbocycles. The maximum absolute atomic E-state index is 4.42. The highest BCUT2D eigenvalue weighted by atomic mass is 14.6. The van der Waals surface area contributed by atoms with E-state index in [-0.39, 0.29) is 10.8 Å². The highest BCUT2D eigenvalue weighted by molar-refractivity contribution is 6.06. The van der Waals surface area contributed by atoms with Crippen LogP contribution in [-0.2, 0) is 10.8 Å². The Balaban J connectivity index is 2.17. The Labute approximate surface area is 180 Å². The highest BCUT2D eigenvalue weighted by Crippen LogP contribution is 2.44. The Bertz CT molecular complexity index is 1080. The van der Waals surface area contributed by atoms with Crippen LogP contribution in [0.15, 0.2) is 73.3 Å². The van der Waals surface area contributed by atoms with E-state index in [1.807, 2.05) is 36.9 Å². The van der Waals surface area contributed by atoms with Crippen LogP contribution in [0.2, 0.25) is 0 Å². The molecule has 30 heavy (non-hydrogen) atoms. The van der Waals surface area contributed by atoms with Crippen molar-refractivity contribution in [2.75, 3.05) is 0 Å². The first kappa shape index (κ1) is 20.3. The second kappa shape index (κ2) is 7.36. The van der Waals surface area contributed by atoms with Crippen LogP contribution >= 0.6 is 0 Å². The predicted octanol–water partition coefficient (Wildman–Crippen LogP) is 7.56. The number of fused-ring (bicyclic) bond motifs is 1. The molecule has 0 spiro atoms. The summed E-state index contributed by atoms with van der Waals surface area (Å²) >= 11 is 0. The molecule has 2 heteroatoms. The summed E-state index contributed by atoms with van der Waals surface area (Å²) in [5, 5.41) is 2.53. The first-order chi connectivity index (χ1) is 14.2. The molecular weight excluding hydrogens is 364 g/mol. The molecule has 0 aliphatic carbocycles.